The Morgan fingerprint density at radius 2 is 2.05 bits per heavy atom. The lowest BCUT2D eigenvalue weighted by atomic mass is 10.2. The van der Waals surface area contributed by atoms with Gasteiger partial charge >= 0.3 is 5.97 Å². The smallest absolute Gasteiger partial charge is 0.331 e. The van der Waals surface area contributed by atoms with Crippen molar-refractivity contribution in [2.75, 3.05) is 6.79 Å². The second-order valence-corrected chi connectivity index (χ2v) is 4.14. The first-order valence-electron chi connectivity index (χ1n) is 5.85. The van der Waals surface area contributed by atoms with E-state index in [1.165, 1.54) is 19.9 Å². The molecule has 2 rings (SSSR count). The normalized spacial score (nSPS) is 14.4. The van der Waals surface area contributed by atoms with Crippen molar-refractivity contribution in [3.63, 3.8) is 0 Å². The molecule has 1 aromatic rings. The molecule has 0 aliphatic carbocycles. The van der Waals surface area contributed by atoms with E-state index in [-0.39, 0.29) is 12.6 Å². The van der Waals surface area contributed by atoms with Crippen molar-refractivity contribution in [1.29, 1.82) is 0 Å². The molecule has 1 aliphatic heterocycles. The molecule has 0 radical (unpaired) electrons. The minimum atomic E-state index is -0.728. The Bertz CT molecular complexity index is 533. The highest BCUT2D eigenvalue weighted by molar-refractivity contribution is 5.90. The molecule has 5 heteroatoms. The summed E-state index contributed by atoms with van der Waals surface area (Å²) >= 11 is 0. The molecule has 5 nitrogen and oxygen atoms in total. The zero-order chi connectivity index (χ0) is 13.8. The quantitative estimate of drug-likeness (QED) is 0.613. The Hall–Kier alpha value is -2.30. The Kier molecular flexibility index (Phi) is 3.85. The van der Waals surface area contributed by atoms with E-state index in [9.17, 15) is 9.59 Å². The van der Waals surface area contributed by atoms with Crippen LogP contribution in [0.5, 0.6) is 11.5 Å². The number of benzene rings is 1. The van der Waals surface area contributed by atoms with Crippen LogP contribution in [0.1, 0.15) is 19.4 Å². The third kappa shape index (κ3) is 3.34. The van der Waals surface area contributed by atoms with Crippen LogP contribution in [-0.2, 0) is 14.3 Å². The van der Waals surface area contributed by atoms with E-state index in [1.54, 1.807) is 24.3 Å². The monoisotopic (exact) mass is 262 g/mol. The maximum atomic E-state index is 11.4. The van der Waals surface area contributed by atoms with Crippen LogP contribution >= 0.6 is 0 Å². The van der Waals surface area contributed by atoms with Gasteiger partial charge in [0.25, 0.3) is 0 Å². The van der Waals surface area contributed by atoms with E-state index in [0.717, 1.165) is 5.56 Å². The Labute approximate surface area is 110 Å². The average Bonchev–Trinajstić information content (AvgIpc) is 2.83. The van der Waals surface area contributed by atoms with Gasteiger partial charge in [0.15, 0.2) is 23.4 Å². The molecule has 0 fully saturated rings. The summed E-state index contributed by atoms with van der Waals surface area (Å²) in [7, 11) is 0. The second kappa shape index (κ2) is 5.56. The Morgan fingerprint density at radius 3 is 2.79 bits per heavy atom. The van der Waals surface area contributed by atoms with Gasteiger partial charge in [0, 0.05) is 6.08 Å². The van der Waals surface area contributed by atoms with Gasteiger partial charge in [-0.3, -0.25) is 4.79 Å². The predicted octanol–water partition coefficient (Wildman–Crippen LogP) is 1.95. The summed E-state index contributed by atoms with van der Waals surface area (Å²) in [6, 6.07) is 5.33. The van der Waals surface area contributed by atoms with Crippen molar-refractivity contribution < 1.29 is 23.8 Å². The molecular weight excluding hydrogens is 248 g/mol. The van der Waals surface area contributed by atoms with Crippen LogP contribution in [0.15, 0.2) is 24.3 Å². The summed E-state index contributed by atoms with van der Waals surface area (Å²) < 4.78 is 15.3. The SMILES string of the molecule is CC(=O)[C@H](C)OC(=O)/C=C/c1ccc2c(c1)OCO2. The number of hydrogen-bond acceptors (Lipinski definition) is 5. The first kappa shape index (κ1) is 13.1. The zero-order valence-electron chi connectivity index (χ0n) is 10.7. The fraction of sp³-hybridized carbons (Fsp3) is 0.286. The molecule has 1 aliphatic rings. The van der Waals surface area contributed by atoms with Gasteiger partial charge < -0.3 is 14.2 Å². The van der Waals surface area contributed by atoms with Crippen molar-refractivity contribution in [1.82, 2.24) is 0 Å². The van der Waals surface area contributed by atoms with Gasteiger partial charge in [-0.25, -0.2) is 4.79 Å². The van der Waals surface area contributed by atoms with E-state index in [1.807, 2.05) is 0 Å². The predicted molar refractivity (Wildman–Crippen MR) is 67.8 cm³/mol. The van der Waals surface area contributed by atoms with Crippen LogP contribution in [0, 0.1) is 0 Å². The fourth-order valence-electron chi connectivity index (χ4n) is 1.48. The van der Waals surface area contributed by atoms with Crippen molar-refractivity contribution in [3.05, 3.63) is 29.8 Å². The van der Waals surface area contributed by atoms with Crippen LogP contribution in [0.3, 0.4) is 0 Å². The minimum absolute atomic E-state index is 0.190. The molecular formula is C14H14O5. The van der Waals surface area contributed by atoms with Crippen molar-refractivity contribution >= 4 is 17.8 Å². The van der Waals surface area contributed by atoms with E-state index >= 15 is 0 Å². The summed E-state index contributed by atoms with van der Waals surface area (Å²) in [5.41, 5.74) is 0.789. The lowest BCUT2D eigenvalue weighted by molar-refractivity contribution is -0.148. The van der Waals surface area contributed by atoms with Crippen LogP contribution in [-0.4, -0.2) is 24.6 Å². The van der Waals surface area contributed by atoms with Crippen LogP contribution in [0.2, 0.25) is 0 Å². The number of carbonyl (C=O) groups excluding carboxylic acids is 2. The maximum absolute atomic E-state index is 11.4. The molecule has 0 saturated carbocycles. The highest BCUT2D eigenvalue weighted by Crippen LogP contribution is 2.32. The molecule has 19 heavy (non-hydrogen) atoms. The van der Waals surface area contributed by atoms with E-state index in [0.29, 0.717) is 11.5 Å². The number of ketones is 1. The third-order valence-corrected chi connectivity index (χ3v) is 2.67. The number of ether oxygens (including phenoxy) is 3. The second-order valence-electron chi connectivity index (χ2n) is 4.14. The largest absolute Gasteiger partial charge is 0.454 e. The molecule has 0 unspecified atom stereocenters. The molecule has 1 aromatic carbocycles. The summed E-state index contributed by atoms with van der Waals surface area (Å²) in [6.07, 6.45) is 2.14. The van der Waals surface area contributed by atoms with Gasteiger partial charge in [0.05, 0.1) is 0 Å². The van der Waals surface area contributed by atoms with Crippen LogP contribution in [0.4, 0.5) is 0 Å². The highest BCUT2D eigenvalue weighted by Gasteiger charge is 2.13. The number of rotatable bonds is 4. The number of Topliss-reactive ketones (excluding diaryl/α,β-unsaturated/α-hetero) is 1. The van der Waals surface area contributed by atoms with Crippen molar-refractivity contribution in [3.8, 4) is 11.5 Å². The number of carbonyl (C=O) groups is 2. The number of esters is 1. The van der Waals surface area contributed by atoms with Crippen LogP contribution < -0.4 is 9.47 Å². The third-order valence-electron chi connectivity index (χ3n) is 2.67. The van der Waals surface area contributed by atoms with Gasteiger partial charge in [-0.1, -0.05) is 6.07 Å². The molecule has 0 amide bonds. The van der Waals surface area contributed by atoms with Gasteiger partial charge in [-0.2, -0.15) is 0 Å². The average molecular weight is 262 g/mol. The van der Waals surface area contributed by atoms with Crippen molar-refractivity contribution in [2.24, 2.45) is 0 Å². The van der Waals surface area contributed by atoms with Gasteiger partial charge in [-0.05, 0) is 37.6 Å². The van der Waals surface area contributed by atoms with Gasteiger partial charge in [0.2, 0.25) is 6.79 Å². The van der Waals surface area contributed by atoms with Gasteiger partial charge in [0.1, 0.15) is 0 Å². The lowest BCUT2D eigenvalue weighted by Gasteiger charge is -2.06. The summed E-state index contributed by atoms with van der Waals surface area (Å²) in [4.78, 5) is 22.4. The maximum Gasteiger partial charge on any atom is 0.331 e. The topological polar surface area (TPSA) is 61.8 Å². The van der Waals surface area contributed by atoms with E-state index < -0.39 is 12.1 Å². The van der Waals surface area contributed by atoms with E-state index in [2.05, 4.69) is 0 Å². The summed E-state index contributed by atoms with van der Waals surface area (Å²) in [5, 5.41) is 0. The fourth-order valence-corrected chi connectivity index (χ4v) is 1.48. The summed E-state index contributed by atoms with van der Waals surface area (Å²) in [5.74, 6) is 0.586. The van der Waals surface area contributed by atoms with Gasteiger partial charge in [-0.15, -0.1) is 0 Å². The minimum Gasteiger partial charge on any atom is -0.454 e. The molecule has 0 aromatic heterocycles. The molecule has 0 bridgehead atoms. The Balaban J connectivity index is 1.98. The highest BCUT2D eigenvalue weighted by atomic mass is 16.7. The first-order valence-corrected chi connectivity index (χ1v) is 5.85. The van der Waals surface area contributed by atoms with Crippen LogP contribution in [0.25, 0.3) is 6.08 Å². The zero-order valence-corrected chi connectivity index (χ0v) is 10.7. The molecule has 0 saturated heterocycles. The van der Waals surface area contributed by atoms with E-state index in [4.69, 9.17) is 14.2 Å². The lowest BCUT2D eigenvalue weighted by Crippen LogP contribution is -2.20. The van der Waals surface area contributed by atoms with Crippen molar-refractivity contribution in [2.45, 2.75) is 20.0 Å². The summed E-state index contributed by atoms with van der Waals surface area (Å²) in [6.45, 7) is 3.12. The standard InChI is InChI=1S/C14H14O5/c1-9(15)10(2)19-14(16)6-4-11-3-5-12-13(7-11)18-8-17-12/h3-7,10H,8H2,1-2H3/b6-4+/t10-/m0/s1. The first-order chi connectivity index (χ1) is 9.06. The number of fused-ring (bicyclic) bond motifs is 1. The molecule has 1 heterocycles. The Morgan fingerprint density at radius 1 is 1.32 bits per heavy atom. The molecule has 0 N–H and O–H groups in total. The molecule has 100 valence electrons. The number of hydrogen-bond donors (Lipinski definition) is 0. The molecule has 0 spiro atoms. The molecule has 1 atom stereocenters.